The van der Waals surface area contributed by atoms with Gasteiger partial charge in [-0.05, 0) is 40.4 Å². The van der Waals surface area contributed by atoms with Crippen LogP contribution in [-0.4, -0.2) is 31.3 Å². The molecule has 0 spiro atoms. The fraction of sp³-hybridized carbons (Fsp3) is 0.500. The molecule has 0 saturated carbocycles. The molecule has 2 nitrogen and oxygen atoms in total. The maximum Gasteiger partial charge on any atom is 0.156 e. The Bertz CT molecular complexity index is 363. The lowest BCUT2D eigenvalue weighted by Gasteiger charge is -2.25. The molecule has 0 radical (unpaired) electrons. The van der Waals surface area contributed by atoms with Gasteiger partial charge in [-0.25, -0.2) is 0 Å². The van der Waals surface area contributed by atoms with Gasteiger partial charge in [0, 0.05) is 5.41 Å². The highest BCUT2D eigenvalue weighted by molar-refractivity contribution is 5.90. The Morgan fingerprint density at radius 2 is 1.69 bits per heavy atom. The number of likely N-dealkylation sites (N-methyl/N-ethyl adjacent to an activating group) is 1. The summed E-state index contributed by atoms with van der Waals surface area (Å²) in [7, 11) is 3.84. The molecule has 0 aliphatic heterocycles. The number of aryl methyl sites for hydroxylation is 1. The molecular formula is C14H21NO. The fourth-order valence-corrected chi connectivity index (χ4v) is 1.62. The third kappa shape index (κ3) is 2.92. The van der Waals surface area contributed by atoms with E-state index < -0.39 is 5.41 Å². The van der Waals surface area contributed by atoms with Gasteiger partial charge in [-0.1, -0.05) is 29.8 Å². The molecule has 1 rings (SSSR count). The van der Waals surface area contributed by atoms with E-state index in [0.717, 1.165) is 5.56 Å². The number of Topliss-reactive ketones (excluding diaryl/α,β-unsaturated/α-hetero) is 1. The molecule has 0 heterocycles. The van der Waals surface area contributed by atoms with E-state index in [-0.39, 0.29) is 5.78 Å². The molecule has 0 aliphatic carbocycles. The third-order valence-corrected chi connectivity index (χ3v) is 2.93. The van der Waals surface area contributed by atoms with Gasteiger partial charge >= 0.3 is 0 Å². The van der Waals surface area contributed by atoms with Crippen LogP contribution in [0.25, 0.3) is 0 Å². The number of ketones is 1. The van der Waals surface area contributed by atoms with Crippen molar-refractivity contribution in [3.8, 4) is 0 Å². The average molecular weight is 219 g/mol. The molecule has 0 aromatic heterocycles. The first-order chi connectivity index (χ1) is 7.34. The van der Waals surface area contributed by atoms with Crippen LogP contribution in [0.3, 0.4) is 0 Å². The second-order valence-corrected chi connectivity index (χ2v) is 5.15. The van der Waals surface area contributed by atoms with Crippen molar-refractivity contribution in [2.45, 2.75) is 26.2 Å². The number of benzene rings is 1. The Balaban J connectivity index is 2.92. The largest absolute Gasteiger partial charge is 0.302 e. The van der Waals surface area contributed by atoms with Crippen molar-refractivity contribution < 1.29 is 4.79 Å². The van der Waals surface area contributed by atoms with Gasteiger partial charge in [0.05, 0.1) is 6.54 Å². The normalized spacial score (nSPS) is 11.9. The van der Waals surface area contributed by atoms with E-state index in [2.05, 4.69) is 19.1 Å². The minimum Gasteiger partial charge on any atom is -0.302 e. The molecule has 0 saturated heterocycles. The summed E-state index contributed by atoms with van der Waals surface area (Å²) in [4.78, 5) is 14.0. The monoisotopic (exact) mass is 219 g/mol. The van der Waals surface area contributed by atoms with Crippen LogP contribution in [0, 0.1) is 6.92 Å². The van der Waals surface area contributed by atoms with Crippen molar-refractivity contribution in [3.05, 3.63) is 35.4 Å². The molecule has 88 valence electrons. The lowest BCUT2D eigenvalue weighted by atomic mass is 9.80. The second kappa shape index (κ2) is 4.79. The topological polar surface area (TPSA) is 20.3 Å². The van der Waals surface area contributed by atoms with Crippen molar-refractivity contribution in [2.24, 2.45) is 0 Å². The first-order valence-corrected chi connectivity index (χ1v) is 5.59. The predicted octanol–water partition coefficient (Wildman–Crippen LogP) is 2.40. The van der Waals surface area contributed by atoms with E-state index in [4.69, 9.17) is 0 Å². The minimum absolute atomic E-state index is 0.251. The highest BCUT2D eigenvalue weighted by Gasteiger charge is 2.29. The number of carbonyl (C=O) groups excluding carboxylic acids is 1. The Labute approximate surface area is 98.3 Å². The van der Waals surface area contributed by atoms with Gasteiger partial charge in [-0.15, -0.1) is 0 Å². The predicted molar refractivity (Wildman–Crippen MR) is 67.8 cm³/mol. The van der Waals surface area contributed by atoms with E-state index in [0.29, 0.717) is 6.54 Å². The number of rotatable bonds is 4. The molecule has 0 N–H and O–H groups in total. The minimum atomic E-state index is -0.405. The molecule has 0 bridgehead atoms. The van der Waals surface area contributed by atoms with Crippen molar-refractivity contribution in [3.63, 3.8) is 0 Å². The van der Waals surface area contributed by atoms with Gasteiger partial charge in [0.15, 0.2) is 5.78 Å². The molecule has 2 heteroatoms. The number of nitrogens with zero attached hydrogens (tertiary/aromatic N) is 1. The third-order valence-electron chi connectivity index (χ3n) is 2.93. The highest BCUT2D eigenvalue weighted by atomic mass is 16.1. The molecule has 1 aromatic rings. The number of carbonyl (C=O) groups is 1. The van der Waals surface area contributed by atoms with Gasteiger partial charge in [0.1, 0.15) is 0 Å². The second-order valence-electron chi connectivity index (χ2n) is 5.15. The fourth-order valence-electron chi connectivity index (χ4n) is 1.62. The average Bonchev–Trinajstić information content (AvgIpc) is 2.17. The Morgan fingerprint density at radius 1 is 1.19 bits per heavy atom. The molecule has 0 amide bonds. The van der Waals surface area contributed by atoms with E-state index >= 15 is 0 Å². The zero-order chi connectivity index (χ0) is 12.3. The van der Waals surface area contributed by atoms with Crippen molar-refractivity contribution >= 4 is 5.78 Å². The molecule has 16 heavy (non-hydrogen) atoms. The van der Waals surface area contributed by atoms with Crippen LogP contribution in [-0.2, 0) is 10.2 Å². The van der Waals surface area contributed by atoms with Crippen molar-refractivity contribution in [1.82, 2.24) is 4.90 Å². The first-order valence-electron chi connectivity index (χ1n) is 5.59. The summed E-state index contributed by atoms with van der Waals surface area (Å²) in [6.45, 7) is 6.52. The van der Waals surface area contributed by atoms with Crippen LogP contribution in [0.4, 0.5) is 0 Å². The lowest BCUT2D eigenvalue weighted by Crippen LogP contribution is -2.36. The quantitative estimate of drug-likeness (QED) is 0.775. The van der Waals surface area contributed by atoms with Crippen LogP contribution in [0.1, 0.15) is 25.0 Å². The summed E-state index contributed by atoms with van der Waals surface area (Å²) >= 11 is 0. The zero-order valence-electron chi connectivity index (χ0n) is 10.9. The molecule has 0 unspecified atom stereocenters. The Hall–Kier alpha value is -1.15. The van der Waals surface area contributed by atoms with E-state index in [1.165, 1.54) is 5.56 Å². The van der Waals surface area contributed by atoms with Crippen LogP contribution in [0.2, 0.25) is 0 Å². The van der Waals surface area contributed by atoms with E-state index in [1.807, 2.05) is 45.0 Å². The SMILES string of the molecule is Cc1ccc(C(C)(C)C(=O)CN(C)C)cc1. The Morgan fingerprint density at radius 3 is 2.12 bits per heavy atom. The van der Waals surface area contributed by atoms with Gasteiger partial charge < -0.3 is 4.90 Å². The summed E-state index contributed by atoms with van der Waals surface area (Å²) in [6.07, 6.45) is 0. The van der Waals surface area contributed by atoms with Crippen LogP contribution in [0.15, 0.2) is 24.3 Å². The summed E-state index contributed by atoms with van der Waals surface area (Å²) in [5.74, 6) is 0.251. The molecule has 0 fully saturated rings. The van der Waals surface area contributed by atoms with Crippen molar-refractivity contribution in [2.75, 3.05) is 20.6 Å². The Kier molecular flexibility index (Phi) is 3.87. The highest BCUT2D eigenvalue weighted by Crippen LogP contribution is 2.24. The molecule has 1 aromatic carbocycles. The zero-order valence-corrected chi connectivity index (χ0v) is 10.9. The van der Waals surface area contributed by atoms with Crippen LogP contribution in [0.5, 0.6) is 0 Å². The van der Waals surface area contributed by atoms with Gasteiger partial charge in [0.25, 0.3) is 0 Å². The number of hydrogen-bond acceptors (Lipinski definition) is 2. The van der Waals surface area contributed by atoms with Gasteiger partial charge in [-0.2, -0.15) is 0 Å². The summed E-state index contributed by atoms with van der Waals surface area (Å²) in [6, 6.07) is 8.20. The van der Waals surface area contributed by atoms with Gasteiger partial charge in [-0.3, -0.25) is 4.79 Å². The standard InChI is InChI=1S/C14H21NO/c1-11-6-8-12(9-7-11)14(2,3)13(16)10-15(4)5/h6-9H,10H2,1-5H3. The summed E-state index contributed by atoms with van der Waals surface area (Å²) in [5, 5.41) is 0. The van der Waals surface area contributed by atoms with Crippen LogP contribution < -0.4 is 0 Å². The number of hydrogen-bond donors (Lipinski definition) is 0. The van der Waals surface area contributed by atoms with Gasteiger partial charge in [0.2, 0.25) is 0 Å². The van der Waals surface area contributed by atoms with Crippen molar-refractivity contribution in [1.29, 1.82) is 0 Å². The smallest absolute Gasteiger partial charge is 0.156 e. The van der Waals surface area contributed by atoms with E-state index in [1.54, 1.807) is 0 Å². The maximum absolute atomic E-state index is 12.1. The summed E-state index contributed by atoms with van der Waals surface area (Å²) < 4.78 is 0. The molecular weight excluding hydrogens is 198 g/mol. The molecule has 0 aliphatic rings. The first kappa shape index (κ1) is 12.9. The summed E-state index contributed by atoms with van der Waals surface area (Å²) in [5.41, 5.74) is 1.90. The van der Waals surface area contributed by atoms with Crippen LogP contribution >= 0.6 is 0 Å². The van der Waals surface area contributed by atoms with E-state index in [9.17, 15) is 4.79 Å². The molecule has 0 atom stereocenters. The maximum atomic E-state index is 12.1. The lowest BCUT2D eigenvalue weighted by molar-refractivity contribution is -0.124.